The van der Waals surface area contributed by atoms with Crippen LogP contribution in [0, 0.1) is 3.57 Å². The number of aromatic nitrogens is 4. The third kappa shape index (κ3) is 3.51. The Morgan fingerprint density at radius 1 is 1.24 bits per heavy atom. The first-order valence-corrected chi connectivity index (χ1v) is 7.69. The third-order valence-corrected chi connectivity index (χ3v) is 3.85. The van der Waals surface area contributed by atoms with E-state index in [9.17, 15) is 0 Å². The van der Waals surface area contributed by atoms with Crippen molar-refractivity contribution < 1.29 is 0 Å². The van der Waals surface area contributed by atoms with Crippen LogP contribution in [0.1, 0.15) is 5.56 Å². The average molecular weight is 412 g/mol. The van der Waals surface area contributed by atoms with Crippen LogP contribution in [-0.2, 0) is 6.54 Å². The fraction of sp³-hybridized carbons (Fsp3) is 0.0714. The lowest BCUT2D eigenvalue weighted by atomic mass is 10.2. The minimum Gasteiger partial charge on any atom is -0.365 e. The van der Waals surface area contributed by atoms with Crippen LogP contribution in [0.15, 0.2) is 48.9 Å². The van der Waals surface area contributed by atoms with Gasteiger partial charge in [0.15, 0.2) is 0 Å². The van der Waals surface area contributed by atoms with E-state index in [4.69, 9.17) is 11.6 Å². The molecule has 0 aliphatic heterocycles. The second kappa shape index (κ2) is 6.40. The Morgan fingerprint density at radius 3 is 2.76 bits per heavy atom. The first-order valence-electron chi connectivity index (χ1n) is 6.23. The maximum Gasteiger partial charge on any atom is 0.224 e. The smallest absolute Gasteiger partial charge is 0.224 e. The maximum absolute atomic E-state index is 5.80. The standard InChI is InChI=1S/C14H11ClIN5/c15-14-18-9-12(16)13(20-14)17-8-10-2-4-11(5-3-10)21-7-1-6-19-21/h1-7,9H,8H2,(H,17,18,20). The van der Waals surface area contributed by atoms with Crippen LogP contribution in [0.5, 0.6) is 0 Å². The van der Waals surface area contributed by atoms with Gasteiger partial charge in [-0.05, 0) is 58.0 Å². The molecule has 0 spiro atoms. The summed E-state index contributed by atoms with van der Waals surface area (Å²) in [6.07, 6.45) is 5.37. The Kier molecular flexibility index (Phi) is 4.35. The number of hydrogen-bond donors (Lipinski definition) is 1. The molecule has 3 aromatic rings. The zero-order valence-electron chi connectivity index (χ0n) is 10.9. The lowest BCUT2D eigenvalue weighted by Crippen LogP contribution is -2.04. The van der Waals surface area contributed by atoms with Crippen LogP contribution >= 0.6 is 34.2 Å². The molecule has 0 bridgehead atoms. The van der Waals surface area contributed by atoms with Gasteiger partial charge >= 0.3 is 0 Å². The van der Waals surface area contributed by atoms with E-state index < -0.39 is 0 Å². The van der Waals surface area contributed by atoms with E-state index in [-0.39, 0.29) is 5.28 Å². The first-order chi connectivity index (χ1) is 10.2. The van der Waals surface area contributed by atoms with E-state index in [0.717, 1.165) is 20.6 Å². The molecule has 1 aromatic carbocycles. The molecular weight excluding hydrogens is 401 g/mol. The van der Waals surface area contributed by atoms with Gasteiger partial charge < -0.3 is 5.32 Å². The van der Waals surface area contributed by atoms with Crippen molar-refractivity contribution in [2.45, 2.75) is 6.54 Å². The molecule has 7 heteroatoms. The molecule has 0 radical (unpaired) electrons. The third-order valence-electron chi connectivity index (χ3n) is 2.88. The molecule has 0 saturated carbocycles. The SMILES string of the molecule is Clc1ncc(I)c(NCc2ccc(-n3cccn3)cc2)n1. The summed E-state index contributed by atoms with van der Waals surface area (Å²) in [4.78, 5) is 8.10. The summed E-state index contributed by atoms with van der Waals surface area (Å²) in [6.45, 7) is 0.669. The lowest BCUT2D eigenvalue weighted by molar-refractivity contribution is 0.879. The molecule has 106 valence electrons. The summed E-state index contributed by atoms with van der Waals surface area (Å²) in [7, 11) is 0. The maximum atomic E-state index is 5.80. The number of halogens is 2. The first kappa shape index (κ1) is 14.3. The highest BCUT2D eigenvalue weighted by Gasteiger charge is 2.03. The second-order valence-corrected chi connectivity index (χ2v) is 5.81. The summed E-state index contributed by atoms with van der Waals surface area (Å²) in [6, 6.07) is 10.1. The van der Waals surface area contributed by atoms with Crippen LogP contribution in [0.2, 0.25) is 5.28 Å². The summed E-state index contributed by atoms with van der Waals surface area (Å²) in [5.41, 5.74) is 2.18. The highest BCUT2D eigenvalue weighted by Crippen LogP contribution is 2.17. The second-order valence-electron chi connectivity index (χ2n) is 4.31. The minimum absolute atomic E-state index is 0.243. The Bertz CT molecular complexity index is 728. The number of rotatable bonds is 4. The van der Waals surface area contributed by atoms with Crippen molar-refractivity contribution in [2.24, 2.45) is 0 Å². The topological polar surface area (TPSA) is 55.6 Å². The Labute approximate surface area is 140 Å². The number of hydrogen-bond acceptors (Lipinski definition) is 4. The Hall–Kier alpha value is -1.67. The molecule has 0 atom stereocenters. The number of benzene rings is 1. The molecular formula is C14H11ClIN5. The van der Waals surface area contributed by atoms with Gasteiger partial charge in [-0.1, -0.05) is 12.1 Å². The summed E-state index contributed by atoms with van der Waals surface area (Å²) in [5, 5.41) is 7.70. The summed E-state index contributed by atoms with van der Waals surface area (Å²) in [5.74, 6) is 0.742. The van der Waals surface area contributed by atoms with Crippen molar-refractivity contribution in [3.63, 3.8) is 0 Å². The molecule has 0 unspecified atom stereocenters. The van der Waals surface area contributed by atoms with E-state index in [1.54, 1.807) is 12.4 Å². The zero-order chi connectivity index (χ0) is 14.7. The van der Waals surface area contributed by atoms with Gasteiger partial charge in [0, 0.05) is 25.1 Å². The molecule has 2 heterocycles. The Morgan fingerprint density at radius 2 is 2.05 bits per heavy atom. The van der Waals surface area contributed by atoms with Crippen molar-refractivity contribution in [3.8, 4) is 5.69 Å². The van der Waals surface area contributed by atoms with Crippen molar-refractivity contribution in [2.75, 3.05) is 5.32 Å². The van der Waals surface area contributed by atoms with Crippen molar-refractivity contribution in [1.29, 1.82) is 0 Å². The van der Waals surface area contributed by atoms with Crippen LogP contribution in [0.25, 0.3) is 5.69 Å². The molecule has 2 aromatic heterocycles. The van der Waals surface area contributed by atoms with Gasteiger partial charge in [-0.3, -0.25) is 0 Å². The van der Waals surface area contributed by atoms with E-state index in [1.807, 2.05) is 29.1 Å². The summed E-state index contributed by atoms with van der Waals surface area (Å²) < 4.78 is 2.76. The largest absolute Gasteiger partial charge is 0.365 e. The van der Waals surface area contributed by atoms with Crippen molar-refractivity contribution >= 4 is 40.0 Å². The molecule has 0 aliphatic carbocycles. The van der Waals surface area contributed by atoms with E-state index in [2.05, 4.69) is 55.1 Å². The minimum atomic E-state index is 0.243. The molecule has 0 aliphatic rings. The number of nitrogens with zero attached hydrogens (tertiary/aromatic N) is 4. The zero-order valence-corrected chi connectivity index (χ0v) is 13.8. The highest BCUT2D eigenvalue weighted by atomic mass is 127. The van der Waals surface area contributed by atoms with E-state index >= 15 is 0 Å². The molecule has 0 fully saturated rings. The van der Waals surface area contributed by atoms with Gasteiger partial charge in [0.25, 0.3) is 0 Å². The van der Waals surface area contributed by atoms with Gasteiger partial charge in [0.1, 0.15) is 5.82 Å². The monoisotopic (exact) mass is 411 g/mol. The molecule has 5 nitrogen and oxygen atoms in total. The quantitative estimate of drug-likeness (QED) is 0.527. The molecule has 0 saturated heterocycles. The lowest BCUT2D eigenvalue weighted by Gasteiger charge is -2.08. The van der Waals surface area contributed by atoms with Gasteiger partial charge in [-0.25, -0.2) is 9.67 Å². The number of nitrogens with one attached hydrogen (secondary N) is 1. The van der Waals surface area contributed by atoms with Crippen LogP contribution in [-0.4, -0.2) is 19.7 Å². The highest BCUT2D eigenvalue weighted by molar-refractivity contribution is 14.1. The van der Waals surface area contributed by atoms with Gasteiger partial charge in [-0.15, -0.1) is 0 Å². The van der Waals surface area contributed by atoms with Crippen LogP contribution < -0.4 is 5.32 Å². The predicted octanol–water partition coefficient (Wildman–Crippen LogP) is 3.53. The molecule has 1 N–H and O–H groups in total. The van der Waals surface area contributed by atoms with E-state index in [0.29, 0.717) is 6.54 Å². The van der Waals surface area contributed by atoms with Gasteiger partial charge in [0.05, 0.1) is 9.26 Å². The summed E-state index contributed by atoms with van der Waals surface area (Å²) >= 11 is 7.98. The molecule has 0 amide bonds. The molecule has 21 heavy (non-hydrogen) atoms. The van der Waals surface area contributed by atoms with Crippen LogP contribution in [0.3, 0.4) is 0 Å². The average Bonchev–Trinajstić information content (AvgIpc) is 3.03. The fourth-order valence-corrected chi connectivity index (χ4v) is 2.43. The van der Waals surface area contributed by atoms with Gasteiger partial charge in [0.2, 0.25) is 5.28 Å². The van der Waals surface area contributed by atoms with Crippen molar-refractivity contribution in [3.05, 3.63) is 63.3 Å². The molecule has 3 rings (SSSR count). The van der Waals surface area contributed by atoms with Crippen LogP contribution in [0.4, 0.5) is 5.82 Å². The van der Waals surface area contributed by atoms with Gasteiger partial charge in [-0.2, -0.15) is 10.1 Å². The normalized spacial score (nSPS) is 10.6. The Balaban J connectivity index is 1.70. The van der Waals surface area contributed by atoms with E-state index in [1.165, 1.54) is 0 Å². The fourth-order valence-electron chi connectivity index (χ4n) is 1.84. The van der Waals surface area contributed by atoms with Crippen molar-refractivity contribution in [1.82, 2.24) is 19.7 Å². The predicted molar refractivity (Wildman–Crippen MR) is 90.6 cm³/mol. The number of anilines is 1.